The Kier molecular flexibility index (Phi) is 3.66. The van der Waals surface area contributed by atoms with Crippen molar-refractivity contribution < 1.29 is 14.4 Å². The van der Waals surface area contributed by atoms with Gasteiger partial charge in [0, 0.05) is 11.6 Å². The topological polar surface area (TPSA) is 57.7 Å². The average molecular weight is 279 g/mol. The zero-order chi connectivity index (χ0) is 14.0. The number of imide groups is 2. The molecule has 19 heavy (non-hydrogen) atoms. The standard InChI is InChI=1S/C13H11ClN2O3/c1-2-6-15-11(17)12(18)16(13(15)19)8-9-4-3-5-10(14)7-9/h2-5,7H,1,6,8H2. The van der Waals surface area contributed by atoms with Gasteiger partial charge in [-0.25, -0.2) is 4.79 Å². The van der Waals surface area contributed by atoms with Crippen LogP contribution in [0.4, 0.5) is 4.79 Å². The minimum atomic E-state index is -0.827. The van der Waals surface area contributed by atoms with Gasteiger partial charge in [0.05, 0.1) is 6.54 Å². The number of carbonyl (C=O) groups is 3. The molecule has 0 radical (unpaired) electrons. The summed E-state index contributed by atoms with van der Waals surface area (Å²) in [6, 6.07) is 6.14. The van der Waals surface area contributed by atoms with E-state index in [1.165, 1.54) is 6.08 Å². The molecule has 1 aromatic rings. The largest absolute Gasteiger partial charge is 0.334 e. The molecular weight excluding hydrogens is 268 g/mol. The Hall–Kier alpha value is -2.14. The first-order valence-electron chi connectivity index (χ1n) is 5.57. The van der Waals surface area contributed by atoms with Crippen molar-refractivity contribution in [3.05, 3.63) is 47.5 Å². The second-order valence-electron chi connectivity index (χ2n) is 4.01. The van der Waals surface area contributed by atoms with Crippen molar-refractivity contribution in [2.75, 3.05) is 6.54 Å². The first kappa shape index (κ1) is 13.3. The molecule has 1 aliphatic rings. The molecule has 1 heterocycles. The molecule has 2 rings (SSSR count). The fourth-order valence-corrected chi connectivity index (χ4v) is 2.01. The maximum atomic E-state index is 11.9. The number of carbonyl (C=O) groups excluding carboxylic acids is 3. The molecule has 0 aromatic heterocycles. The third-order valence-electron chi connectivity index (χ3n) is 2.68. The van der Waals surface area contributed by atoms with Crippen molar-refractivity contribution in [2.45, 2.75) is 6.54 Å². The number of amides is 4. The predicted molar refractivity (Wildman–Crippen MR) is 69.3 cm³/mol. The lowest BCUT2D eigenvalue weighted by Crippen LogP contribution is -2.33. The van der Waals surface area contributed by atoms with Crippen LogP contribution in [0.25, 0.3) is 0 Å². The summed E-state index contributed by atoms with van der Waals surface area (Å²) in [5.41, 5.74) is 0.683. The number of hydrogen-bond acceptors (Lipinski definition) is 3. The highest BCUT2D eigenvalue weighted by molar-refractivity contribution is 6.44. The Morgan fingerprint density at radius 1 is 1.16 bits per heavy atom. The molecule has 0 bridgehead atoms. The lowest BCUT2D eigenvalue weighted by atomic mass is 10.2. The summed E-state index contributed by atoms with van der Waals surface area (Å²) in [5.74, 6) is -1.65. The van der Waals surface area contributed by atoms with Gasteiger partial charge < -0.3 is 0 Å². The maximum absolute atomic E-state index is 11.9. The lowest BCUT2D eigenvalue weighted by molar-refractivity contribution is -0.143. The quantitative estimate of drug-likeness (QED) is 0.479. The predicted octanol–water partition coefficient (Wildman–Crippen LogP) is 1.82. The summed E-state index contributed by atoms with van der Waals surface area (Å²) < 4.78 is 0. The van der Waals surface area contributed by atoms with Crippen LogP contribution >= 0.6 is 11.6 Å². The van der Waals surface area contributed by atoms with Crippen molar-refractivity contribution >= 4 is 29.4 Å². The highest BCUT2D eigenvalue weighted by Gasteiger charge is 2.43. The minimum absolute atomic E-state index is 0.0233. The summed E-state index contributed by atoms with van der Waals surface area (Å²) in [5, 5.41) is 0.505. The van der Waals surface area contributed by atoms with Gasteiger partial charge in [0.2, 0.25) is 0 Å². The second-order valence-corrected chi connectivity index (χ2v) is 4.44. The van der Waals surface area contributed by atoms with E-state index in [1.807, 2.05) is 0 Å². The number of rotatable bonds is 4. The van der Waals surface area contributed by atoms with Gasteiger partial charge in [-0.2, -0.15) is 0 Å². The third-order valence-corrected chi connectivity index (χ3v) is 2.91. The van der Waals surface area contributed by atoms with Gasteiger partial charge in [0.1, 0.15) is 0 Å². The number of nitrogens with zero attached hydrogens (tertiary/aromatic N) is 2. The average Bonchev–Trinajstić information content (AvgIpc) is 2.57. The van der Waals surface area contributed by atoms with E-state index in [9.17, 15) is 14.4 Å². The molecule has 5 nitrogen and oxygen atoms in total. The summed E-state index contributed by atoms with van der Waals surface area (Å²) >= 11 is 5.83. The third kappa shape index (κ3) is 2.51. The highest BCUT2D eigenvalue weighted by Crippen LogP contribution is 2.18. The van der Waals surface area contributed by atoms with Crippen LogP contribution in [0.2, 0.25) is 5.02 Å². The first-order valence-corrected chi connectivity index (χ1v) is 5.95. The smallest absolute Gasteiger partial charge is 0.263 e. The van der Waals surface area contributed by atoms with Gasteiger partial charge in [0.25, 0.3) is 0 Å². The van der Waals surface area contributed by atoms with Crippen LogP contribution in [0.3, 0.4) is 0 Å². The molecule has 0 aliphatic carbocycles. The van der Waals surface area contributed by atoms with Crippen LogP contribution in [0, 0.1) is 0 Å². The molecule has 0 saturated carbocycles. The summed E-state index contributed by atoms with van der Waals surface area (Å²) in [6.07, 6.45) is 1.39. The van der Waals surface area contributed by atoms with Crippen LogP contribution in [0.5, 0.6) is 0 Å². The molecule has 0 atom stereocenters. The molecular formula is C13H11ClN2O3. The van der Waals surface area contributed by atoms with Gasteiger partial charge in [-0.3, -0.25) is 19.4 Å². The molecule has 0 unspecified atom stereocenters. The van der Waals surface area contributed by atoms with Crippen molar-refractivity contribution in [3.8, 4) is 0 Å². The summed E-state index contributed by atoms with van der Waals surface area (Å²) in [4.78, 5) is 37.0. The van der Waals surface area contributed by atoms with Crippen LogP contribution in [-0.4, -0.2) is 34.2 Å². The van der Waals surface area contributed by atoms with Crippen molar-refractivity contribution in [3.63, 3.8) is 0 Å². The monoisotopic (exact) mass is 278 g/mol. The zero-order valence-electron chi connectivity index (χ0n) is 10.0. The van der Waals surface area contributed by atoms with Crippen LogP contribution in [0.15, 0.2) is 36.9 Å². The molecule has 0 N–H and O–H groups in total. The lowest BCUT2D eigenvalue weighted by Gasteiger charge is -2.14. The normalized spacial score (nSPS) is 15.3. The molecule has 4 amide bonds. The van der Waals surface area contributed by atoms with Gasteiger partial charge in [-0.15, -0.1) is 6.58 Å². The van der Waals surface area contributed by atoms with Crippen molar-refractivity contribution in [1.82, 2.24) is 9.80 Å². The van der Waals surface area contributed by atoms with E-state index in [0.717, 1.165) is 9.80 Å². The molecule has 98 valence electrons. The number of halogens is 1. The van der Waals surface area contributed by atoms with Crippen LogP contribution in [0.1, 0.15) is 5.56 Å². The van der Waals surface area contributed by atoms with Gasteiger partial charge in [-0.05, 0) is 17.7 Å². The molecule has 1 aliphatic heterocycles. The molecule has 1 fully saturated rings. The number of urea groups is 1. The molecule has 0 spiro atoms. The Bertz CT molecular complexity index is 571. The van der Waals surface area contributed by atoms with Gasteiger partial charge in [0.15, 0.2) is 0 Å². The van der Waals surface area contributed by atoms with E-state index in [-0.39, 0.29) is 13.1 Å². The Morgan fingerprint density at radius 2 is 1.84 bits per heavy atom. The minimum Gasteiger partial charge on any atom is -0.263 e. The summed E-state index contributed by atoms with van der Waals surface area (Å²) in [7, 11) is 0. The van der Waals surface area contributed by atoms with E-state index in [2.05, 4.69) is 6.58 Å². The highest BCUT2D eigenvalue weighted by atomic mass is 35.5. The molecule has 1 aromatic carbocycles. The Balaban J connectivity index is 2.21. The Labute approximate surface area is 115 Å². The zero-order valence-corrected chi connectivity index (χ0v) is 10.8. The molecule has 1 saturated heterocycles. The van der Waals surface area contributed by atoms with Gasteiger partial charge in [-0.1, -0.05) is 29.8 Å². The fraction of sp³-hybridized carbons (Fsp3) is 0.154. The van der Waals surface area contributed by atoms with E-state index < -0.39 is 17.8 Å². The van der Waals surface area contributed by atoms with Crippen molar-refractivity contribution in [2.24, 2.45) is 0 Å². The fourth-order valence-electron chi connectivity index (χ4n) is 1.80. The number of benzene rings is 1. The van der Waals surface area contributed by atoms with Crippen LogP contribution < -0.4 is 0 Å². The van der Waals surface area contributed by atoms with E-state index in [0.29, 0.717) is 10.6 Å². The van der Waals surface area contributed by atoms with E-state index in [1.54, 1.807) is 24.3 Å². The van der Waals surface area contributed by atoms with E-state index >= 15 is 0 Å². The maximum Gasteiger partial charge on any atom is 0.334 e. The summed E-state index contributed by atoms with van der Waals surface area (Å²) in [6.45, 7) is 3.49. The van der Waals surface area contributed by atoms with Gasteiger partial charge >= 0.3 is 17.8 Å². The first-order chi connectivity index (χ1) is 9.04. The molecule has 6 heteroatoms. The SMILES string of the molecule is C=CCN1C(=O)C(=O)N(Cc2cccc(Cl)c2)C1=O. The Morgan fingerprint density at radius 3 is 2.47 bits per heavy atom. The van der Waals surface area contributed by atoms with Crippen molar-refractivity contribution in [1.29, 1.82) is 0 Å². The van der Waals surface area contributed by atoms with Crippen LogP contribution in [-0.2, 0) is 16.1 Å². The second kappa shape index (κ2) is 5.24. The van der Waals surface area contributed by atoms with E-state index in [4.69, 9.17) is 11.6 Å². The number of hydrogen-bond donors (Lipinski definition) is 0.